The highest BCUT2D eigenvalue weighted by atomic mass is 35.5. The first-order valence-corrected chi connectivity index (χ1v) is 7.42. The lowest BCUT2D eigenvalue weighted by Gasteiger charge is -2.24. The van der Waals surface area contributed by atoms with Crippen molar-refractivity contribution in [2.24, 2.45) is 0 Å². The van der Waals surface area contributed by atoms with Crippen LogP contribution in [-0.4, -0.2) is 62.8 Å². The average Bonchev–Trinajstić information content (AvgIpc) is 2.45. The van der Waals surface area contributed by atoms with Gasteiger partial charge in [-0.15, -0.1) is 12.4 Å². The number of hydrogen-bond donors (Lipinski definition) is 2. The van der Waals surface area contributed by atoms with Crippen LogP contribution < -0.4 is 10.6 Å². The predicted octanol–water partition coefficient (Wildman–Crippen LogP) is 1.02. The number of halogens is 1. The van der Waals surface area contributed by atoms with E-state index in [-0.39, 0.29) is 31.0 Å². The van der Waals surface area contributed by atoms with Gasteiger partial charge in [-0.25, -0.2) is 0 Å². The van der Waals surface area contributed by atoms with E-state index < -0.39 is 0 Å². The van der Waals surface area contributed by atoms with Gasteiger partial charge in [-0.2, -0.15) is 0 Å². The molecule has 1 fully saturated rings. The van der Waals surface area contributed by atoms with Gasteiger partial charge in [0.05, 0.1) is 6.10 Å². The molecule has 1 saturated heterocycles. The number of nitrogens with zero attached hydrogens (tertiary/aromatic N) is 1. The van der Waals surface area contributed by atoms with Crippen molar-refractivity contribution in [2.75, 3.05) is 39.8 Å². The molecule has 0 radical (unpaired) electrons. The first kappa shape index (κ1) is 19.6. The fourth-order valence-electron chi connectivity index (χ4n) is 2.11. The van der Waals surface area contributed by atoms with Crippen LogP contribution in [0.4, 0.5) is 0 Å². The Balaban J connectivity index is 0.00000361. The van der Waals surface area contributed by atoms with Gasteiger partial charge in [0.2, 0.25) is 5.91 Å². The Morgan fingerprint density at radius 3 is 2.70 bits per heavy atom. The summed E-state index contributed by atoms with van der Waals surface area (Å²) in [5.74, 6) is -0.00363. The van der Waals surface area contributed by atoms with Crippen LogP contribution in [0.25, 0.3) is 0 Å². The molecular formula is C14H30ClN3O2. The highest BCUT2D eigenvalue weighted by Gasteiger charge is 2.14. The maximum Gasteiger partial charge on any atom is 0.246 e. The smallest absolute Gasteiger partial charge is 0.246 e. The van der Waals surface area contributed by atoms with Crippen molar-refractivity contribution in [3.8, 4) is 0 Å². The van der Waals surface area contributed by atoms with Gasteiger partial charge in [-0.05, 0) is 46.3 Å². The van der Waals surface area contributed by atoms with E-state index in [4.69, 9.17) is 4.74 Å². The van der Waals surface area contributed by atoms with Crippen LogP contribution >= 0.6 is 12.4 Å². The summed E-state index contributed by atoms with van der Waals surface area (Å²) in [5, 5.41) is 6.19. The van der Waals surface area contributed by atoms with E-state index in [1.54, 1.807) is 0 Å². The summed E-state index contributed by atoms with van der Waals surface area (Å²) in [6.45, 7) is 8.12. The molecule has 120 valence electrons. The number of carbonyl (C=O) groups excluding carboxylic acids is 1. The third-order valence-corrected chi connectivity index (χ3v) is 3.87. The van der Waals surface area contributed by atoms with Crippen LogP contribution in [-0.2, 0) is 9.53 Å². The minimum atomic E-state index is -0.00363. The number of nitrogens with one attached hydrogen (secondary N) is 2. The predicted molar refractivity (Wildman–Crippen MR) is 84.5 cm³/mol. The summed E-state index contributed by atoms with van der Waals surface area (Å²) in [6, 6.07) is 0.558. The van der Waals surface area contributed by atoms with Crippen LogP contribution in [0.3, 0.4) is 0 Å². The summed E-state index contributed by atoms with van der Waals surface area (Å²) >= 11 is 0. The molecule has 5 nitrogen and oxygen atoms in total. The van der Waals surface area contributed by atoms with Crippen molar-refractivity contribution in [3.63, 3.8) is 0 Å². The zero-order valence-corrected chi connectivity index (χ0v) is 13.8. The van der Waals surface area contributed by atoms with Crippen LogP contribution in [0, 0.1) is 0 Å². The molecule has 1 atom stereocenters. The monoisotopic (exact) mass is 307 g/mol. The second-order valence-corrected chi connectivity index (χ2v) is 5.35. The van der Waals surface area contributed by atoms with Crippen LogP contribution in [0.2, 0.25) is 0 Å². The summed E-state index contributed by atoms with van der Waals surface area (Å²) in [5.41, 5.74) is 0. The molecule has 1 unspecified atom stereocenters. The molecule has 6 heteroatoms. The Kier molecular flexibility index (Phi) is 11.1. The van der Waals surface area contributed by atoms with Gasteiger partial charge in [0.25, 0.3) is 0 Å². The molecule has 0 spiro atoms. The molecule has 1 amide bonds. The largest absolute Gasteiger partial charge is 0.368 e. The summed E-state index contributed by atoms with van der Waals surface area (Å²) in [4.78, 5) is 13.9. The molecule has 0 aromatic heterocycles. The highest BCUT2D eigenvalue weighted by Crippen LogP contribution is 2.06. The molecule has 0 bridgehead atoms. The van der Waals surface area contributed by atoms with E-state index in [1.807, 2.05) is 0 Å². The molecule has 20 heavy (non-hydrogen) atoms. The molecule has 1 rings (SSSR count). The molecule has 0 aromatic carbocycles. The zero-order valence-electron chi connectivity index (χ0n) is 13.0. The van der Waals surface area contributed by atoms with E-state index in [0.29, 0.717) is 12.6 Å². The molecule has 1 aliphatic heterocycles. The Bertz CT molecular complexity index is 261. The van der Waals surface area contributed by atoms with Crippen LogP contribution in [0.1, 0.15) is 33.1 Å². The quantitative estimate of drug-likeness (QED) is 0.703. The summed E-state index contributed by atoms with van der Waals surface area (Å²) in [7, 11) is 2.09. The number of piperidine rings is 1. The average molecular weight is 308 g/mol. The van der Waals surface area contributed by atoms with Crippen molar-refractivity contribution in [3.05, 3.63) is 0 Å². The normalized spacial score (nSPS) is 17.6. The first-order valence-electron chi connectivity index (χ1n) is 7.42. The van der Waals surface area contributed by atoms with Crippen LogP contribution in [0.5, 0.6) is 0 Å². The number of ether oxygens (including phenoxy) is 1. The molecule has 0 aliphatic carbocycles. The molecule has 0 aromatic rings. The van der Waals surface area contributed by atoms with Gasteiger partial charge in [-0.1, -0.05) is 6.92 Å². The minimum absolute atomic E-state index is 0. The van der Waals surface area contributed by atoms with Crippen molar-refractivity contribution in [1.82, 2.24) is 15.5 Å². The topological polar surface area (TPSA) is 53.6 Å². The number of carbonyl (C=O) groups is 1. The zero-order chi connectivity index (χ0) is 14.1. The Morgan fingerprint density at radius 1 is 1.45 bits per heavy atom. The lowest BCUT2D eigenvalue weighted by Crippen LogP contribution is -2.39. The Labute approximate surface area is 129 Å². The van der Waals surface area contributed by atoms with Gasteiger partial charge in [-0.3, -0.25) is 4.79 Å². The van der Waals surface area contributed by atoms with Crippen molar-refractivity contribution < 1.29 is 9.53 Å². The molecule has 2 N–H and O–H groups in total. The van der Waals surface area contributed by atoms with Gasteiger partial charge in [0, 0.05) is 19.1 Å². The first-order chi connectivity index (χ1) is 9.13. The van der Waals surface area contributed by atoms with Crippen molar-refractivity contribution in [1.29, 1.82) is 0 Å². The van der Waals surface area contributed by atoms with E-state index in [0.717, 1.165) is 38.9 Å². The molecular weight excluding hydrogens is 278 g/mol. The van der Waals surface area contributed by atoms with E-state index >= 15 is 0 Å². The lowest BCUT2D eigenvalue weighted by atomic mass is 10.1. The van der Waals surface area contributed by atoms with Gasteiger partial charge in [0.15, 0.2) is 0 Å². The number of rotatable bonds is 8. The summed E-state index contributed by atoms with van der Waals surface area (Å²) < 4.78 is 5.61. The Hall–Kier alpha value is -0.360. The SMILES string of the molecule is CCC(C)N(C)CCNC(=O)COC1CCNCC1.Cl. The molecule has 0 saturated carbocycles. The third-order valence-electron chi connectivity index (χ3n) is 3.87. The molecule has 1 aliphatic rings. The summed E-state index contributed by atoms with van der Waals surface area (Å²) in [6.07, 6.45) is 3.38. The second kappa shape index (κ2) is 11.3. The number of likely N-dealkylation sites (N-methyl/N-ethyl adjacent to an activating group) is 1. The highest BCUT2D eigenvalue weighted by molar-refractivity contribution is 5.85. The maximum atomic E-state index is 11.6. The Morgan fingerprint density at radius 2 is 2.10 bits per heavy atom. The van der Waals surface area contributed by atoms with Gasteiger partial charge < -0.3 is 20.3 Å². The van der Waals surface area contributed by atoms with Crippen molar-refractivity contribution in [2.45, 2.75) is 45.3 Å². The maximum absolute atomic E-state index is 11.6. The fraction of sp³-hybridized carbons (Fsp3) is 0.929. The van der Waals surface area contributed by atoms with E-state index in [1.165, 1.54) is 0 Å². The van der Waals surface area contributed by atoms with Gasteiger partial charge >= 0.3 is 0 Å². The number of amides is 1. The lowest BCUT2D eigenvalue weighted by molar-refractivity contribution is -0.128. The minimum Gasteiger partial charge on any atom is -0.368 e. The fourth-order valence-corrected chi connectivity index (χ4v) is 2.11. The van der Waals surface area contributed by atoms with E-state index in [2.05, 4.69) is 36.4 Å². The van der Waals surface area contributed by atoms with E-state index in [9.17, 15) is 4.79 Å². The molecule has 1 heterocycles. The van der Waals surface area contributed by atoms with Crippen LogP contribution in [0.15, 0.2) is 0 Å². The third kappa shape index (κ3) is 8.04. The van der Waals surface area contributed by atoms with Crippen molar-refractivity contribution >= 4 is 18.3 Å². The standard InChI is InChI=1S/C14H29N3O2.ClH/c1-4-12(2)17(3)10-9-16-14(18)11-19-13-5-7-15-8-6-13;/h12-13,15H,4-11H2,1-3H3,(H,16,18);1H. The number of hydrogen-bond acceptors (Lipinski definition) is 4. The van der Waals surface area contributed by atoms with Gasteiger partial charge in [0.1, 0.15) is 6.61 Å². The second-order valence-electron chi connectivity index (χ2n) is 5.35.